The summed E-state index contributed by atoms with van der Waals surface area (Å²) in [6.45, 7) is 2.96. The number of thioether (sulfide) groups is 1. The summed E-state index contributed by atoms with van der Waals surface area (Å²) in [6.07, 6.45) is 4.45. The molecule has 0 saturated heterocycles. The maximum atomic E-state index is 14.3. The maximum absolute atomic E-state index is 14.3. The Morgan fingerprint density at radius 1 is 1.15 bits per heavy atom. The SMILES string of the molecule is CC/C=C(\Cc1ccc(F)cc1F)SC(=NC)c1cn2c(c(OCc3ccccc3)c1=O)C(=O)NCC2.COC. The number of aromatic nitrogens is 1. The van der Waals surface area contributed by atoms with Gasteiger partial charge in [-0.05, 0) is 28.5 Å². The van der Waals surface area contributed by atoms with Crippen LogP contribution in [-0.4, -0.2) is 43.3 Å². The minimum Gasteiger partial charge on any atom is -0.483 e. The molecule has 0 saturated carbocycles. The highest BCUT2D eigenvalue weighted by molar-refractivity contribution is 8.17. The van der Waals surface area contributed by atoms with Crippen molar-refractivity contribution in [2.75, 3.05) is 27.8 Å². The first-order valence-electron chi connectivity index (χ1n) is 12.7. The highest BCUT2D eigenvalue weighted by atomic mass is 32.2. The zero-order chi connectivity index (χ0) is 29.1. The quantitative estimate of drug-likeness (QED) is 0.292. The second-order valence-corrected chi connectivity index (χ2v) is 9.92. The van der Waals surface area contributed by atoms with Crippen LogP contribution in [0.1, 0.15) is 40.5 Å². The smallest absolute Gasteiger partial charge is 0.272 e. The number of amides is 1. The molecule has 10 heteroatoms. The van der Waals surface area contributed by atoms with Gasteiger partial charge in [0.25, 0.3) is 5.91 Å². The van der Waals surface area contributed by atoms with Gasteiger partial charge in [0.15, 0.2) is 11.4 Å². The third-order valence-corrected chi connectivity index (χ3v) is 6.96. The largest absolute Gasteiger partial charge is 0.483 e. The van der Waals surface area contributed by atoms with Crippen LogP contribution in [0.4, 0.5) is 8.78 Å². The number of allylic oxidation sites excluding steroid dienone is 2. The molecule has 1 amide bonds. The zero-order valence-corrected chi connectivity index (χ0v) is 23.8. The summed E-state index contributed by atoms with van der Waals surface area (Å²) >= 11 is 1.25. The van der Waals surface area contributed by atoms with Crippen LogP contribution >= 0.6 is 11.8 Å². The Morgan fingerprint density at radius 2 is 1.88 bits per heavy atom. The third-order valence-electron chi connectivity index (χ3n) is 5.79. The second-order valence-electron chi connectivity index (χ2n) is 8.80. The predicted octanol–water partition coefficient (Wildman–Crippen LogP) is 5.36. The molecule has 0 aliphatic carbocycles. The number of fused-ring (bicyclic) bond motifs is 1. The lowest BCUT2D eigenvalue weighted by Crippen LogP contribution is -2.39. The second kappa shape index (κ2) is 15.1. The Hall–Kier alpha value is -3.76. The number of nitrogens with zero attached hydrogens (tertiary/aromatic N) is 2. The number of pyridine rings is 1. The fraction of sp³-hybridized carbons (Fsp3) is 0.300. The molecule has 3 aromatic rings. The van der Waals surface area contributed by atoms with Gasteiger partial charge in [0.05, 0.1) is 5.56 Å². The van der Waals surface area contributed by atoms with Gasteiger partial charge in [-0.2, -0.15) is 0 Å². The summed E-state index contributed by atoms with van der Waals surface area (Å²) in [5.74, 6) is -1.68. The molecule has 0 spiro atoms. The zero-order valence-electron chi connectivity index (χ0n) is 23.0. The summed E-state index contributed by atoms with van der Waals surface area (Å²) in [6, 6.07) is 12.9. The van der Waals surface area contributed by atoms with Crippen LogP contribution in [0.25, 0.3) is 0 Å². The molecule has 4 rings (SSSR count). The van der Waals surface area contributed by atoms with Crippen LogP contribution in [0.5, 0.6) is 5.75 Å². The number of hydrogen-bond donors (Lipinski definition) is 1. The van der Waals surface area contributed by atoms with Crippen LogP contribution < -0.4 is 15.5 Å². The fourth-order valence-electron chi connectivity index (χ4n) is 4.01. The molecule has 2 heterocycles. The summed E-state index contributed by atoms with van der Waals surface area (Å²) < 4.78 is 39.6. The first-order valence-corrected chi connectivity index (χ1v) is 13.5. The van der Waals surface area contributed by atoms with Crippen molar-refractivity contribution in [3.8, 4) is 5.75 Å². The Kier molecular flexibility index (Phi) is 11.6. The minimum absolute atomic E-state index is 0.0362. The number of ether oxygens (including phenoxy) is 2. The van der Waals surface area contributed by atoms with Gasteiger partial charge in [-0.3, -0.25) is 14.6 Å². The Labute approximate surface area is 236 Å². The van der Waals surface area contributed by atoms with Crippen molar-refractivity contribution in [1.29, 1.82) is 0 Å². The average molecular weight is 570 g/mol. The molecule has 2 aromatic carbocycles. The molecule has 0 bridgehead atoms. The molecule has 1 N–H and O–H groups in total. The first-order chi connectivity index (χ1) is 19.3. The molecule has 40 heavy (non-hydrogen) atoms. The van der Waals surface area contributed by atoms with Crippen LogP contribution in [0.2, 0.25) is 0 Å². The monoisotopic (exact) mass is 569 g/mol. The van der Waals surface area contributed by atoms with Gasteiger partial charge < -0.3 is 19.4 Å². The molecule has 0 radical (unpaired) electrons. The number of nitrogens with one attached hydrogen (secondary N) is 1. The van der Waals surface area contributed by atoms with Gasteiger partial charge in [-0.15, -0.1) is 0 Å². The van der Waals surface area contributed by atoms with E-state index >= 15 is 0 Å². The van der Waals surface area contributed by atoms with Gasteiger partial charge in [-0.25, -0.2) is 8.78 Å². The average Bonchev–Trinajstić information content (AvgIpc) is 2.94. The number of rotatable bonds is 8. The van der Waals surface area contributed by atoms with E-state index in [0.29, 0.717) is 30.1 Å². The number of methoxy groups -OCH3 is 1. The highest BCUT2D eigenvalue weighted by Crippen LogP contribution is 2.28. The molecule has 7 nitrogen and oxygen atoms in total. The topological polar surface area (TPSA) is 81.9 Å². The fourth-order valence-corrected chi connectivity index (χ4v) is 5.09. The van der Waals surface area contributed by atoms with Crippen LogP contribution in [0, 0.1) is 11.6 Å². The van der Waals surface area contributed by atoms with Crippen molar-refractivity contribution in [2.45, 2.75) is 32.9 Å². The van der Waals surface area contributed by atoms with E-state index in [4.69, 9.17) is 4.74 Å². The number of halogens is 2. The van der Waals surface area contributed by atoms with E-state index < -0.39 is 17.1 Å². The molecule has 0 fully saturated rings. The van der Waals surface area contributed by atoms with Crippen molar-refractivity contribution in [3.05, 3.63) is 110 Å². The lowest BCUT2D eigenvalue weighted by molar-refractivity contribution is 0.0919. The maximum Gasteiger partial charge on any atom is 0.272 e. The Morgan fingerprint density at radius 3 is 2.52 bits per heavy atom. The summed E-state index contributed by atoms with van der Waals surface area (Å²) in [4.78, 5) is 31.5. The van der Waals surface area contributed by atoms with Gasteiger partial charge in [-0.1, -0.05) is 61.2 Å². The van der Waals surface area contributed by atoms with E-state index in [-0.39, 0.29) is 35.9 Å². The number of carbonyl (C=O) groups excluding carboxylic acids is 1. The van der Waals surface area contributed by atoms with Crippen LogP contribution in [0.15, 0.2) is 75.5 Å². The van der Waals surface area contributed by atoms with Crippen LogP contribution in [-0.2, 0) is 24.3 Å². The lowest BCUT2D eigenvalue weighted by Gasteiger charge is -2.23. The van der Waals surface area contributed by atoms with E-state index in [1.807, 2.05) is 43.3 Å². The van der Waals surface area contributed by atoms with E-state index in [1.165, 1.54) is 23.9 Å². The number of aliphatic imine (C=N–C) groups is 1. The Bertz CT molecular complexity index is 1440. The van der Waals surface area contributed by atoms with E-state index in [2.05, 4.69) is 15.0 Å². The molecule has 1 aliphatic rings. The third kappa shape index (κ3) is 7.89. The summed E-state index contributed by atoms with van der Waals surface area (Å²) in [7, 11) is 4.82. The Balaban J connectivity index is 0.00000141. The molecule has 1 aliphatic heterocycles. The number of carbonyl (C=O) groups is 1. The standard InChI is InChI=1S/C28H27F2N3O3S.C2H6O/c1-3-7-21(14-19-10-11-20(29)15-23(19)30)37-28(31-2)22-16-33-13-12-32-27(35)24(33)26(25(22)34)36-17-18-8-5-4-6-9-18;1-3-2/h4-11,15-16H,3,12-14,17H2,1-2H3,(H,32,35);1-2H3/b21-7+,31-28?;. The van der Waals surface area contributed by atoms with E-state index in [9.17, 15) is 18.4 Å². The minimum atomic E-state index is -0.639. The highest BCUT2D eigenvalue weighted by Gasteiger charge is 2.27. The molecule has 0 unspecified atom stereocenters. The lowest BCUT2D eigenvalue weighted by atomic mass is 10.1. The molecular formula is C30H33F2N3O4S. The van der Waals surface area contributed by atoms with Gasteiger partial charge in [0.2, 0.25) is 5.43 Å². The first kappa shape index (κ1) is 30.8. The van der Waals surface area contributed by atoms with Crippen LogP contribution in [0.3, 0.4) is 0 Å². The van der Waals surface area contributed by atoms with Gasteiger partial charge in [0, 0.05) is 53.0 Å². The summed E-state index contributed by atoms with van der Waals surface area (Å²) in [5.41, 5.74) is 1.21. The van der Waals surface area contributed by atoms with E-state index in [1.54, 1.807) is 32.0 Å². The van der Waals surface area contributed by atoms with Crippen molar-refractivity contribution < 1.29 is 23.0 Å². The van der Waals surface area contributed by atoms with Crippen molar-refractivity contribution in [1.82, 2.24) is 9.88 Å². The predicted molar refractivity (Wildman–Crippen MR) is 155 cm³/mol. The molecule has 1 aromatic heterocycles. The van der Waals surface area contributed by atoms with Gasteiger partial charge >= 0.3 is 0 Å². The van der Waals surface area contributed by atoms with Crippen molar-refractivity contribution in [2.24, 2.45) is 4.99 Å². The molecule has 0 atom stereocenters. The molecular weight excluding hydrogens is 536 g/mol. The number of benzene rings is 2. The number of hydrogen-bond acceptors (Lipinski definition) is 6. The van der Waals surface area contributed by atoms with E-state index in [0.717, 1.165) is 16.5 Å². The van der Waals surface area contributed by atoms with Gasteiger partial charge in [0.1, 0.15) is 23.3 Å². The normalized spacial score (nSPS) is 13.2. The summed E-state index contributed by atoms with van der Waals surface area (Å²) in [5, 5.41) is 3.18. The van der Waals surface area contributed by atoms with Crippen molar-refractivity contribution >= 4 is 22.7 Å². The van der Waals surface area contributed by atoms with Crippen molar-refractivity contribution in [3.63, 3.8) is 0 Å². The molecule has 212 valence electrons.